The molecular weight excluding hydrogens is 322 g/mol. The van der Waals surface area contributed by atoms with Gasteiger partial charge in [0, 0.05) is 0 Å². The van der Waals surface area contributed by atoms with Gasteiger partial charge < -0.3 is 19.8 Å². The predicted octanol–water partition coefficient (Wildman–Crippen LogP) is 2.04. The largest absolute Gasteiger partial charge is 0.484 e. The fourth-order valence-electron chi connectivity index (χ4n) is 2.28. The van der Waals surface area contributed by atoms with Gasteiger partial charge in [0.05, 0.1) is 30.3 Å². The molecule has 0 saturated carbocycles. The number of ether oxygens (including phenoxy) is 2. The van der Waals surface area contributed by atoms with Crippen LogP contribution in [-0.2, 0) is 16.1 Å². The van der Waals surface area contributed by atoms with Gasteiger partial charge in [-0.25, -0.2) is 9.78 Å². The number of H-pyrrole nitrogens is 1. The Hall–Kier alpha value is -3.35. The Bertz CT molecular complexity index is 854. The minimum Gasteiger partial charge on any atom is -0.484 e. The third-order valence-corrected chi connectivity index (χ3v) is 3.54. The molecule has 7 nitrogen and oxygen atoms in total. The van der Waals surface area contributed by atoms with Crippen LogP contribution in [0.15, 0.2) is 48.5 Å². The number of benzene rings is 2. The zero-order valence-electron chi connectivity index (χ0n) is 13.6. The molecular formula is C18H17N3O4. The summed E-state index contributed by atoms with van der Waals surface area (Å²) in [6, 6.07) is 14.0. The van der Waals surface area contributed by atoms with Gasteiger partial charge in [0.25, 0.3) is 5.91 Å². The molecule has 2 aromatic carbocycles. The molecule has 0 fully saturated rings. The zero-order valence-corrected chi connectivity index (χ0v) is 13.6. The molecule has 7 heteroatoms. The number of carbonyl (C=O) groups excluding carboxylic acids is 2. The van der Waals surface area contributed by atoms with Gasteiger partial charge in [-0.3, -0.25) is 4.79 Å². The lowest BCUT2D eigenvalue weighted by Gasteiger charge is -2.07. The van der Waals surface area contributed by atoms with Crippen molar-refractivity contribution in [2.75, 3.05) is 13.7 Å². The molecule has 128 valence electrons. The van der Waals surface area contributed by atoms with Gasteiger partial charge in [-0.15, -0.1) is 0 Å². The van der Waals surface area contributed by atoms with Crippen molar-refractivity contribution in [3.63, 3.8) is 0 Å². The van der Waals surface area contributed by atoms with E-state index >= 15 is 0 Å². The summed E-state index contributed by atoms with van der Waals surface area (Å²) in [5.74, 6) is 0.483. The SMILES string of the molecule is COC(=O)c1ccc(OCC(=O)NCc2nc3ccccc3[nH]2)cc1. The highest BCUT2D eigenvalue weighted by atomic mass is 16.5. The number of hydrogen-bond acceptors (Lipinski definition) is 5. The smallest absolute Gasteiger partial charge is 0.337 e. The quantitative estimate of drug-likeness (QED) is 0.671. The summed E-state index contributed by atoms with van der Waals surface area (Å²) in [6.07, 6.45) is 0. The molecule has 0 spiro atoms. The second-order valence-corrected chi connectivity index (χ2v) is 5.28. The first-order valence-corrected chi connectivity index (χ1v) is 7.67. The molecule has 0 bridgehead atoms. The summed E-state index contributed by atoms with van der Waals surface area (Å²) in [4.78, 5) is 30.7. The molecule has 0 aliphatic heterocycles. The lowest BCUT2D eigenvalue weighted by Crippen LogP contribution is -2.28. The maximum Gasteiger partial charge on any atom is 0.337 e. The van der Waals surface area contributed by atoms with E-state index in [4.69, 9.17) is 4.74 Å². The van der Waals surface area contributed by atoms with E-state index in [1.54, 1.807) is 24.3 Å². The van der Waals surface area contributed by atoms with Crippen molar-refractivity contribution in [2.45, 2.75) is 6.54 Å². The molecule has 0 atom stereocenters. The monoisotopic (exact) mass is 339 g/mol. The van der Waals surface area contributed by atoms with Crippen LogP contribution in [0.25, 0.3) is 11.0 Å². The van der Waals surface area contributed by atoms with Crippen molar-refractivity contribution in [1.29, 1.82) is 0 Å². The molecule has 3 aromatic rings. The summed E-state index contributed by atoms with van der Waals surface area (Å²) in [5, 5.41) is 2.74. The number of carbonyl (C=O) groups is 2. The second kappa shape index (κ2) is 7.48. The summed E-state index contributed by atoms with van der Waals surface area (Å²) in [6.45, 7) is 0.163. The van der Waals surface area contributed by atoms with E-state index in [2.05, 4.69) is 20.0 Å². The number of imidazole rings is 1. The number of nitrogens with zero attached hydrogens (tertiary/aromatic N) is 1. The first-order valence-electron chi connectivity index (χ1n) is 7.67. The Kier molecular flexibility index (Phi) is 4.94. The number of amides is 1. The molecule has 25 heavy (non-hydrogen) atoms. The second-order valence-electron chi connectivity index (χ2n) is 5.28. The molecule has 0 aliphatic carbocycles. The number of esters is 1. The van der Waals surface area contributed by atoms with Crippen LogP contribution in [0.1, 0.15) is 16.2 Å². The number of aromatic nitrogens is 2. The van der Waals surface area contributed by atoms with Crippen LogP contribution < -0.4 is 10.1 Å². The number of rotatable bonds is 6. The van der Waals surface area contributed by atoms with E-state index in [1.807, 2.05) is 24.3 Å². The van der Waals surface area contributed by atoms with Crippen LogP contribution in [0.5, 0.6) is 5.75 Å². The number of fused-ring (bicyclic) bond motifs is 1. The third-order valence-electron chi connectivity index (χ3n) is 3.54. The Morgan fingerprint density at radius 2 is 1.88 bits per heavy atom. The van der Waals surface area contributed by atoms with Gasteiger partial charge in [-0.05, 0) is 36.4 Å². The number of nitrogens with one attached hydrogen (secondary N) is 2. The van der Waals surface area contributed by atoms with Crippen LogP contribution in [0, 0.1) is 0 Å². The van der Waals surface area contributed by atoms with Gasteiger partial charge in [0.15, 0.2) is 6.61 Å². The van der Waals surface area contributed by atoms with Crippen molar-refractivity contribution in [3.05, 3.63) is 59.9 Å². The van der Waals surface area contributed by atoms with Crippen molar-refractivity contribution in [3.8, 4) is 5.75 Å². The van der Waals surface area contributed by atoms with Crippen LogP contribution in [0.4, 0.5) is 0 Å². The summed E-state index contributed by atoms with van der Waals surface area (Å²) in [5.41, 5.74) is 2.20. The number of methoxy groups -OCH3 is 1. The minimum atomic E-state index is -0.421. The highest BCUT2D eigenvalue weighted by Crippen LogP contribution is 2.13. The highest BCUT2D eigenvalue weighted by Gasteiger charge is 2.08. The summed E-state index contributed by atoms with van der Waals surface area (Å²) >= 11 is 0. The number of hydrogen-bond donors (Lipinski definition) is 2. The van der Waals surface area contributed by atoms with Crippen molar-refractivity contribution in [1.82, 2.24) is 15.3 Å². The lowest BCUT2D eigenvalue weighted by atomic mass is 10.2. The molecule has 1 amide bonds. The lowest BCUT2D eigenvalue weighted by molar-refractivity contribution is -0.123. The van der Waals surface area contributed by atoms with E-state index in [-0.39, 0.29) is 19.1 Å². The summed E-state index contributed by atoms with van der Waals surface area (Å²) < 4.78 is 10.0. The molecule has 0 unspecified atom stereocenters. The average Bonchev–Trinajstić information content (AvgIpc) is 3.07. The fraction of sp³-hybridized carbons (Fsp3) is 0.167. The highest BCUT2D eigenvalue weighted by molar-refractivity contribution is 5.89. The summed E-state index contributed by atoms with van der Waals surface area (Å²) in [7, 11) is 1.32. The van der Waals surface area contributed by atoms with E-state index in [9.17, 15) is 9.59 Å². The van der Waals surface area contributed by atoms with E-state index in [0.29, 0.717) is 17.1 Å². The van der Waals surface area contributed by atoms with Gasteiger partial charge in [-0.1, -0.05) is 12.1 Å². The Morgan fingerprint density at radius 3 is 2.60 bits per heavy atom. The molecule has 3 rings (SSSR count). The minimum absolute atomic E-state index is 0.127. The van der Waals surface area contributed by atoms with E-state index in [1.165, 1.54) is 7.11 Å². The topological polar surface area (TPSA) is 93.3 Å². The number of aromatic amines is 1. The average molecular weight is 339 g/mol. The van der Waals surface area contributed by atoms with Crippen LogP contribution in [-0.4, -0.2) is 35.6 Å². The predicted molar refractivity (Wildman–Crippen MR) is 91.2 cm³/mol. The zero-order chi connectivity index (χ0) is 17.6. The third kappa shape index (κ3) is 4.14. The molecule has 1 aromatic heterocycles. The fourth-order valence-corrected chi connectivity index (χ4v) is 2.28. The normalized spacial score (nSPS) is 10.4. The van der Waals surface area contributed by atoms with Crippen LogP contribution >= 0.6 is 0 Å². The van der Waals surface area contributed by atoms with Crippen LogP contribution in [0.3, 0.4) is 0 Å². The maximum atomic E-state index is 11.9. The van der Waals surface area contributed by atoms with Gasteiger partial charge in [0.1, 0.15) is 11.6 Å². The van der Waals surface area contributed by atoms with Crippen molar-refractivity contribution >= 4 is 22.9 Å². The first kappa shape index (κ1) is 16.5. The van der Waals surface area contributed by atoms with E-state index < -0.39 is 5.97 Å². The maximum absolute atomic E-state index is 11.9. The van der Waals surface area contributed by atoms with E-state index in [0.717, 1.165) is 11.0 Å². The van der Waals surface area contributed by atoms with Gasteiger partial charge in [-0.2, -0.15) is 0 Å². The van der Waals surface area contributed by atoms with Crippen molar-refractivity contribution in [2.24, 2.45) is 0 Å². The standard InChI is InChI=1S/C18H17N3O4/c1-24-18(23)12-6-8-13(9-7-12)25-11-17(22)19-10-16-20-14-4-2-3-5-15(14)21-16/h2-9H,10-11H2,1H3,(H,19,22)(H,20,21). The Balaban J connectivity index is 1.48. The Morgan fingerprint density at radius 1 is 1.12 bits per heavy atom. The first-order chi connectivity index (χ1) is 12.2. The van der Waals surface area contributed by atoms with Crippen molar-refractivity contribution < 1.29 is 19.1 Å². The van der Waals surface area contributed by atoms with Crippen LogP contribution in [0.2, 0.25) is 0 Å². The Labute approximate surface area is 144 Å². The molecule has 0 saturated heterocycles. The molecule has 2 N–H and O–H groups in total. The molecule has 0 aliphatic rings. The molecule has 1 heterocycles. The van der Waals surface area contributed by atoms with Gasteiger partial charge >= 0.3 is 5.97 Å². The molecule has 0 radical (unpaired) electrons. The van der Waals surface area contributed by atoms with Gasteiger partial charge in [0.2, 0.25) is 0 Å². The number of para-hydroxylation sites is 2.